The van der Waals surface area contributed by atoms with E-state index in [1.54, 1.807) is 4.09 Å². The van der Waals surface area contributed by atoms with Gasteiger partial charge in [-0.1, -0.05) is 6.08 Å². The fraction of sp³-hybridized carbons (Fsp3) is 0.667. The first-order valence-corrected chi connectivity index (χ1v) is 10.2. The molecule has 126 valence electrons. The Morgan fingerprint density at radius 3 is 2.27 bits per heavy atom. The average molecular weight is 347 g/mol. The summed E-state index contributed by atoms with van der Waals surface area (Å²) < 4.78 is 19.1. The van der Waals surface area contributed by atoms with Gasteiger partial charge in [0.1, 0.15) is 5.82 Å². The second kappa shape index (κ2) is 10.2. The van der Waals surface area contributed by atoms with Crippen LogP contribution in [0.3, 0.4) is 0 Å². The van der Waals surface area contributed by atoms with Crippen LogP contribution in [-0.4, -0.2) is 37.7 Å². The molecule has 0 radical (unpaired) electrons. The maximum Gasteiger partial charge on any atom is 0.500 e. The number of rotatable bonds is 11. The molecular weight excluding hydrogens is 320 g/mol. The third-order valence-corrected chi connectivity index (χ3v) is 6.51. The van der Waals surface area contributed by atoms with Gasteiger partial charge in [-0.15, -0.1) is 0 Å². The minimum Gasteiger partial charge on any atom is -0.374 e. The molecule has 0 atom stereocenters. The molecule has 0 aliphatic rings. The van der Waals surface area contributed by atoms with E-state index in [1.165, 1.54) is 0 Å². The molecule has 7 heteroatoms. The van der Waals surface area contributed by atoms with Gasteiger partial charge in [0.05, 0.1) is 5.69 Å². The first kappa shape index (κ1) is 19.4. The fourth-order valence-electron chi connectivity index (χ4n) is 2.29. The summed E-state index contributed by atoms with van der Waals surface area (Å²) in [6, 6.07) is 0.769. The molecule has 0 N–H and O–H groups in total. The lowest BCUT2D eigenvalue weighted by Gasteiger charge is -2.28. The minimum atomic E-state index is -2.57. The molecule has 0 saturated carbocycles. The van der Waals surface area contributed by atoms with Crippen LogP contribution in [0.15, 0.2) is 12.3 Å². The van der Waals surface area contributed by atoms with E-state index in [2.05, 4.69) is 4.98 Å². The zero-order valence-corrected chi connectivity index (χ0v) is 15.7. The Morgan fingerprint density at radius 1 is 1.18 bits per heavy atom. The molecule has 0 aliphatic carbocycles. The number of halogens is 1. The van der Waals surface area contributed by atoms with Crippen LogP contribution in [0.2, 0.25) is 6.04 Å². The molecule has 1 heterocycles. The molecule has 0 bridgehead atoms. The van der Waals surface area contributed by atoms with E-state index in [-0.39, 0.29) is 0 Å². The van der Waals surface area contributed by atoms with Crippen LogP contribution in [0.1, 0.15) is 45.6 Å². The van der Waals surface area contributed by atoms with Gasteiger partial charge in [-0.3, -0.25) is 0 Å². The summed E-state index contributed by atoms with van der Waals surface area (Å²) in [5.41, 5.74) is 0.871. The van der Waals surface area contributed by atoms with Gasteiger partial charge in [0.2, 0.25) is 0 Å². The highest BCUT2D eigenvalue weighted by Gasteiger charge is 2.39. The van der Waals surface area contributed by atoms with Gasteiger partial charge in [-0.05, 0) is 40.2 Å². The molecule has 0 aliphatic heterocycles. The lowest BCUT2D eigenvalue weighted by molar-refractivity contribution is 0.0708. The van der Waals surface area contributed by atoms with Gasteiger partial charge >= 0.3 is 8.80 Å². The Bertz CT molecular complexity index is 449. The van der Waals surface area contributed by atoms with Gasteiger partial charge in [-0.25, -0.2) is 9.07 Å². The van der Waals surface area contributed by atoms with Crippen molar-refractivity contribution in [3.8, 4) is 0 Å². The number of hydrogen-bond donors (Lipinski definition) is 0. The third kappa shape index (κ3) is 5.85. The molecule has 1 aromatic rings. The summed E-state index contributed by atoms with van der Waals surface area (Å²) >= 11 is 6.15. The highest BCUT2D eigenvalue weighted by molar-refractivity contribution is 6.60. The SMILES string of the molecule is C/C=C/c1cn(Cl)c(CCC[Si](OCC)(OCC)OCC)n1. The normalized spacial score (nSPS) is 12.4. The minimum absolute atomic E-state index is 0.599. The first-order chi connectivity index (χ1) is 10.6. The maximum absolute atomic E-state index is 6.15. The molecule has 22 heavy (non-hydrogen) atoms. The van der Waals surface area contributed by atoms with Crippen LogP contribution in [-0.2, 0) is 19.7 Å². The standard InChI is InChI=1S/C15H27ClN2O3Si/c1-5-10-14-13-18(16)15(17-14)11-9-12-22(19-6-2,20-7-3)21-8-4/h5,10,13H,6-9,11-12H2,1-4H3/b10-5+. The van der Waals surface area contributed by atoms with Crippen LogP contribution in [0.5, 0.6) is 0 Å². The van der Waals surface area contributed by atoms with Crippen molar-refractivity contribution in [3.05, 3.63) is 23.8 Å². The van der Waals surface area contributed by atoms with E-state index < -0.39 is 8.80 Å². The molecule has 0 unspecified atom stereocenters. The van der Waals surface area contributed by atoms with Crippen molar-refractivity contribution in [2.75, 3.05) is 19.8 Å². The van der Waals surface area contributed by atoms with Crippen molar-refractivity contribution >= 4 is 26.7 Å². The van der Waals surface area contributed by atoms with Gasteiger partial charge in [-0.2, -0.15) is 0 Å². The molecule has 1 rings (SSSR count). The van der Waals surface area contributed by atoms with E-state index >= 15 is 0 Å². The molecule has 0 spiro atoms. The molecule has 5 nitrogen and oxygen atoms in total. The summed E-state index contributed by atoms with van der Waals surface area (Å²) in [5.74, 6) is 0.849. The Kier molecular flexibility index (Phi) is 8.97. The Hall–Kier alpha value is -0.663. The number of nitrogens with zero attached hydrogens (tertiary/aromatic N) is 2. The highest BCUT2D eigenvalue weighted by Crippen LogP contribution is 2.20. The summed E-state index contributed by atoms with van der Waals surface area (Å²) in [7, 11) is -2.57. The van der Waals surface area contributed by atoms with Crippen LogP contribution in [0.25, 0.3) is 6.08 Å². The van der Waals surface area contributed by atoms with Crippen molar-refractivity contribution in [1.82, 2.24) is 9.07 Å². The predicted molar refractivity (Wildman–Crippen MR) is 91.9 cm³/mol. The van der Waals surface area contributed by atoms with Crippen LogP contribution in [0.4, 0.5) is 0 Å². The zero-order valence-electron chi connectivity index (χ0n) is 14.0. The van der Waals surface area contributed by atoms with Crippen molar-refractivity contribution in [2.45, 2.75) is 46.6 Å². The second-order valence-electron chi connectivity index (χ2n) is 4.73. The maximum atomic E-state index is 6.15. The first-order valence-electron chi connectivity index (χ1n) is 7.89. The van der Waals surface area contributed by atoms with Gasteiger partial charge in [0.25, 0.3) is 0 Å². The van der Waals surface area contributed by atoms with E-state index in [0.29, 0.717) is 19.8 Å². The fourth-order valence-corrected chi connectivity index (χ4v) is 5.13. The van der Waals surface area contributed by atoms with Crippen LogP contribution >= 0.6 is 11.8 Å². The topological polar surface area (TPSA) is 45.5 Å². The number of imidazole rings is 1. The number of allylic oxidation sites excluding steroid dienone is 1. The van der Waals surface area contributed by atoms with Crippen molar-refractivity contribution in [2.24, 2.45) is 0 Å². The Labute approximate surface area is 139 Å². The summed E-state index contributed by atoms with van der Waals surface area (Å²) in [6.45, 7) is 9.66. The molecule has 0 fully saturated rings. The summed E-state index contributed by atoms with van der Waals surface area (Å²) in [4.78, 5) is 4.49. The lowest BCUT2D eigenvalue weighted by atomic mass is 10.3. The van der Waals surface area contributed by atoms with Crippen LogP contribution in [0, 0.1) is 0 Å². The average Bonchev–Trinajstić information content (AvgIpc) is 2.80. The Morgan fingerprint density at radius 2 is 1.77 bits per heavy atom. The molecular formula is C15H27ClN2O3Si. The molecule has 0 amide bonds. The van der Waals surface area contributed by atoms with Crippen molar-refractivity contribution < 1.29 is 13.3 Å². The molecule has 0 saturated heterocycles. The number of aryl methyl sites for hydroxylation is 1. The Balaban J connectivity index is 2.64. The van der Waals surface area contributed by atoms with Gasteiger partial charge in [0.15, 0.2) is 0 Å². The second-order valence-corrected chi connectivity index (χ2v) is 7.83. The monoisotopic (exact) mass is 346 g/mol. The number of hydrogen-bond acceptors (Lipinski definition) is 4. The number of aromatic nitrogens is 2. The largest absolute Gasteiger partial charge is 0.500 e. The van der Waals surface area contributed by atoms with E-state index in [1.807, 2.05) is 46.0 Å². The molecule has 0 aromatic carbocycles. The van der Waals surface area contributed by atoms with Gasteiger partial charge < -0.3 is 13.3 Å². The molecule has 1 aromatic heterocycles. The van der Waals surface area contributed by atoms with Crippen molar-refractivity contribution in [3.63, 3.8) is 0 Å². The lowest BCUT2D eigenvalue weighted by Crippen LogP contribution is -2.46. The smallest absolute Gasteiger partial charge is 0.374 e. The van der Waals surface area contributed by atoms with Gasteiger partial charge in [0, 0.05) is 50.3 Å². The van der Waals surface area contributed by atoms with E-state index in [0.717, 1.165) is 30.4 Å². The summed E-state index contributed by atoms with van der Waals surface area (Å²) in [5, 5.41) is 0. The third-order valence-electron chi connectivity index (χ3n) is 3.06. The highest BCUT2D eigenvalue weighted by atomic mass is 35.5. The van der Waals surface area contributed by atoms with E-state index in [9.17, 15) is 0 Å². The van der Waals surface area contributed by atoms with Crippen molar-refractivity contribution in [1.29, 1.82) is 0 Å². The zero-order chi connectivity index (χ0) is 16.4. The predicted octanol–water partition coefficient (Wildman–Crippen LogP) is 3.90. The summed E-state index contributed by atoms with van der Waals surface area (Å²) in [6.07, 6.45) is 7.33. The quantitative estimate of drug-likeness (QED) is 0.570. The van der Waals surface area contributed by atoms with E-state index in [4.69, 9.17) is 25.1 Å². The van der Waals surface area contributed by atoms with Crippen LogP contribution < -0.4 is 0 Å².